The standard InChI is InChI=1S/C31H25BrFIN2O4S/c1-4-39-30(38)26-18(3)35-31-36(27(26)21-10-8-17(2)9-11-21)29(37)25(41-31)15-20-13-23(32)28(24(34)14-20)40-16-19-6-5-7-22(33)12-19/h5-15,27H,4,16H2,1-3H3/b25-15+/t27-/m1/s1. The van der Waals surface area contributed by atoms with Crippen LogP contribution < -0.4 is 19.6 Å². The van der Waals surface area contributed by atoms with Crippen molar-refractivity contribution < 1.29 is 18.7 Å². The second-order valence-corrected chi connectivity index (χ2v) is 12.5. The Morgan fingerprint density at radius 2 is 1.93 bits per heavy atom. The van der Waals surface area contributed by atoms with E-state index in [-0.39, 0.29) is 24.6 Å². The lowest BCUT2D eigenvalue weighted by Gasteiger charge is -2.24. The molecule has 0 saturated heterocycles. The molecule has 0 spiro atoms. The van der Waals surface area contributed by atoms with Gasteiger partial charge in [-0.2, -0.15) is 0 Å². The number of esters is 1. The van der Waals surface area contributed by atoms with Crippen LogP contribution in [0.5, 0.6) is 5.75 Å². The first-order valence-electron chi connectivity index (χ1n) is 12.8. The largest absolute Gasteiger partial charge is 0.487 e. The maximum Gasteiger partial charge on any atom is 0.338 e. The average Bonchev–Trinajstić information content (AvgIpc) is 3.22. The third-order valence-electron chi connectivity index (χ3n) is 6.50. The lowest BCUT2D eigenvalue weighted by atomic mass is 9.95. The van der Waals surface area contributed by atoms with Crippen molar-refractivity contribution in [3.05, 3.63) is 128 Å². The van der Waals surface area contributed by atoms with E-state index in [1.165, 1.54) is 23.5 Å². The van der Waals surface area contributed by atoms with Crippen LogP contribution in [-0.2, 0) is 16.1 Å². The van der Waals surface area contributed by atoms with Gasteiger partial charge in [-0.1, -0.05) is 53.3 Å². The lowest BCUT2D eigenvalue weighted by molar-refractivity contribution is -0.139. The summed E-state index contributed by atoms with van der Waals surface area (Å²) in [7, 11) is 0. The van der Waals surface area contributed by atoms with Crippen LogP contribution in [0.3, 0.4) is 0 Å². The van der Waals surface area contributed by atoms with Gasteiger partial charge in [0.1, 0.15) is 18.2 Å². The molecule has 1 aromatic heterocycles. The Kier molecular flexibility index (Phi) is 8.91. The molecule has 0 radical (unpaired) electrons. The fraction of sp³-hybridized carbons (Fsp3) is 0.194. The Morgan fingerprint density at radius 3 is 2.61 bits per heavy atom. The van der Waals surface area contributed by atoms with Gasteiger partial charge in [-0.25, -0.2) is 14.2 Å². The molecule has 0 saturated carbocycles. The molecule has 3 aromatic carbocycles. The highest BCUT2D eigenvalue weighted by Gasteiger charge is 2.33. The number of benzene rings is 3. The highest BCUT2D eigenvalue weighted by atomic mass is 127. The minimum atomic E-state index is -0.654. The van der Waals surface area contributed by atoms with Crippen LogP contribution in [-0.4, -0.2) is 17.1 Å². The quantitative estimate of drug-likeness (QED) is 0.167. The number of thiazole rings is 1. The SMILES string of the molecule is CCOC(=O)C1=C(C)N=c2s/c(=C/c3cc(Br)c(OCc4cccc(F)c4)c(I)c3)c(=O)n2[C@@H]1c1ccc(C)cc1. The summed E-state index contributed by atoms with van der Waals surface area (Å²) in [5.41, 5.74) is 4.02. The predicted octanol–water partition coefficient (Wildman–Crippen LogP) is 6.19. The van der Waals surface area contributed by atoms with E-state index in [4.69, 9.17) is 9.47 Å². The van der Waals surface area contributed by atoms with Crippen molar-refractivity contribution in [2.45, 2.75) is 33.4 Å². The maximum atomic E-state index is 13.9. The fourth-order valence-corrected chi connectivity index (χ4v) is 7.41. The molecule has 0 unspecified atom stereocenters. The van der Waals surface area contributed by atoms with Crippen molar-refractivity contribution in [2.24, 2.45) is 4.99 Å². The van der Waals surface area contributed by atoms with Gasteiger partial charge in [0.25, 0.3) is 5.56 Å². The summed E-state index contributed by atoms with van der Waals surface area (Å²) in [6, 6.07) is 17.2. The predicted molar refractivity (Wildman–Crippen MR) is 169 cm³/mol. The summed E-state index contributed by atoms with van der Waals surface area (Å²) in [5, 5.41) is 0. The molecule has 6 nitrogen and oxygen atoms in total. The van der Waals surface area contributed by atoms with E-state index in [1.54, 1.807) is 30.5 Å². The lowest BCUT2D eigenvalue weighted by Crippen LogP contribution is -2.39. The van der Waals surface area contributed by atoms with E-state index in [0.29, 0.717) is 30.8 Å². The van der Waals surface area contributed by atoms with Gasteiger partial charge in [-0.05, 0) is 106 Å². The van der Waals surface area contributed by atoms with Crippen LogP contribution in [0, 0.1) is 16.3 Å². The summed E-state index contributed by atoms with van der Waals surface area (Å²) in [5.74, 6) is -0.172. The molecular formula is C31H25BrFIN2O4S. The van der Waals surface area contributed by atoms with Gasteiger partial charge in [0.05, 0.1) is 36.5 Å². The number of nitrogens with zero attached hydrogens (tertiary/aromatic N) is 2. The summed E-state index contributed by atoms with van der Waals surface area (Å²) >= 11 is 7.04. The number of hydrogen-bond donors (Lipinski definition) is 0. The number of aromatic nitrogens is 1. The Hall–Kier alpha value is -3.09. The van der Waals surface area contributed by atoms with Crippen molar-refractivity contribution >= 4 is 61.9 Å². The van der Waals surface area contributed by atoms with Gasteiger partial charge < -0.3 is 9.47 Å². The molecular weight excluding hydrogens is 722 g/mol. The van der Waals surface area contributed by atoms with Crippen molar-refractivity contribution in [1.82, 2.24) is 4.57 Å². The summed E-state index contributed by atoms with van der Waals surface area (Å²) < 4.78 is 28.5. The Bertz CT molecular complexity index is 1840. The zero-order valence-electron chi connectivity index (χ0n) is 22.4. The summed E-state index contributed by atoms with van der Waals surface area (Å²) in [6.07, 6.45) is 1.81. The number of aryl methyl sites for hydroxylation is 1. The monoisotopic (exact) mass is 746 g/mol. The van der Waals surface area contributed by atoms with Crippen LogP contribution in [0.25, 0.3) is 6.08 Å². The van der Waals surface area contributed by atoms with Crippen molar-refractivity contribution in [2.75, 3.05) is 6.61 Å². The number of fused-ring (bicyclic) bond motifs is 1. The molecule has 210 valence electrons. The van der Waals surface area contributed by atoms with Crippen LogP contribution >= 0.6 is 49.9 Å². The van der Waals surface area contributed by atoms with E-state index in [9.17, 15) is 14.0 Å². The average molecular weight is 747 g/mol. The van der Waals surface area contributed by atoms with Crippen molar-refractivity contribution in [1.29, 1.82) is 0 Å². The zero-order chi connectivity index (χ0) is 29.3. The Morgan fingerprint density at radius 1 is 1.17 bits per heavy atom. The van der Waals surface area contributed by atoms with Crippen molar-refractivity contribution in [3.8, 4) is 5.75 Å². The topological polar surface area (TPSA) is 69.9 Å². The Labute approximate surface area is 262 Å². The summed E-state index contributed by atoms with van der Waals surface area (Å²) in [6.45, 7) is 5.94. The first-order valence-corrected chi connectivity index (χ1v) is 15.5. The van der Waals surface area contributed by atoms with E-state index in [2.05, 4.69) is 43.5 Å². The molecule has 4 aromatic rings. The number of rotatable bonds is 7. The van der Waals surface area contributed by atoms with Gasteiger partial charge in [0.2, 0.25) is 0 Å². The van der Waals surface area contributed by atoms with Crippen LogP contribution in [0.2, 0.25) is 0 Å². The summed E-state index contributed by atoms with van der Waals surface area (Å²) in [4.78, 5) is 32.1. The Balaban J connectivity index is 1.55. The third kappa shape index (κ3) is 6.24. The van der Waals surface area contributed by atoms with E-state index < -0.39 is 12.0 Å². The highest BCUT2D eigenvalue weighted by molar-refractivity contribution is 14.1. The zero-order valence-corrected chi connectivity index (χ0v) is 27.0. The molecule has 1 atom stereocenters. The second kappa shape index (κ2) is 12.4. The number of hydrogen-bond acceptors (Lipinski definition) is 6. The third-order valence-corrected chi connectivity index (χ3v) is 8.87. The van der Waals surface area contributed by atoms with E-state index in [0.717, 1.165) is 25.8 Å². The molecule has 1 aliphatic rings. The normalized spacial score (nSPS) is 15.0. The molecule has 0 amide bonds. The van der Waals surface area contributed by atoms with Gasteiger partial charge in [0.15, 0.2) is 4.80 Å². The highest BCUT2D eigenvalue weighted by Crippen LogP contribution is 2.33. The van der Waals surface area contributed by atoms with Crippen LogP contribution in [0.4, 0.5) is 4.39 Å². The fourth-order valence-electron chi connectivity index (χ4n) is 4.59. The molecule has 2 heterocycles. The minimum absolute atomic E-state index is 0.214. The van der Waals surface area contributed by atoms with Crippen LogP contribution in [0.15, 0.2) is 86.2 Å². The number of carbonyl (C=O) groups excluding carboxylic acids is 1. The molecule has 0 fully saturated rings. The smallest absolute Gasteiger partial charge is 0.338 e. The molecule has 0 aliphatic carbocycles. The number of allylic oxidation sites excluding steroid dienone is 1. The first kappa shape index (κ1) is 29.4. The molecule has 1 aliphatic heterocycles. The molecule has 10 heteroatoms. The molecule has 0 N–H and O–H groups in total. The molecule has 0 bridgehead atoms. The van der Waals surface area contributed by atoms with Crippen molar-refractivity contribution in [3.63, 3.8) is 0 Å². The van der Waals surface area contributed by atoms with Gasteiger partial charge in [-0.3, -0.25) is 9.36 Å². The second-order valence-electron chi connectivity index (χ2n) is 9.45. The van der Waals surface area contributed by atoms with Crippen LogP contribution in [0.1, 0.15) is 42.1 Å². The number of carbonyl (C=O) groups is 1. The van der Waals surface area contributed by atoms with E-state index in [1.807, 2.05) is 49.4 Å². The minimum Gasteiger partial charge on any atom is -0.487 e. The van der Waals surface area contributed by atoms with Gasteiger partial charge >= 0.3 is 5.97 Å². The van der Waals surface area contributed by atoms with Gasteiger partial charge in [0, 0.05) is 0 Å². The molecule has 5 rings (SSSR count). The van der Waals surface area contributed by atoms with Gasteiger partial charge in [-0.15, -0.1) is 0 Å². The first-order chi connectivity index (χ1) is 19.7. The van der Waals surface area contributed by atoms with E-state index >= 15 is 0 Å². The number of halogens is 3. The number of ether oxygens (including phenoxy) is 2. The molecule has 41 heavy (non-hydrogen) atoms. The maximum absolute atomic E-state index is 13.9.